The Morgan fingerprint density at radius 2 is 1.73 bits per heavy atom. The lowest BCUT2D eigenvalue weighted by Crippen LogP contribution is -2.35. The highest BCUT2D eigenvalue weighted by Crippen LogP contribution is 2.24. The highest BCUT2D eigenvalue weighted by atomic mass is 16.5. The molecule has 2 N–H and O–H groups in total. The summed E-state index contributed by atoms with van der Waals surface area (Å²) in [4.78, 5) is 29.1. The second-order valence-electron chi connectivity index (χ2n) is 7.04. The standard InChI is InChI=1S/C23H26N4O3/c1-16(28)25-20(17-7-5-4-6-8-17)15-21(29)26-22(23-24-13-14-27(23)2)18-9-11-19(30-3)12-10-18/h4-14,20,22H,15H2,1-3H3,(H,25,28)(H,26,29). The van der Waals surface area contributed by atoms with Crippen LogP contribution in [0.2, 0.25) is 0 Å². The van der Waals surface area contributed by atoms with Crippen LogP contribution >= 0.6 is 0 Å². The third-order valence-corrected chi connectivity index (χ3v) is 4.84. The minimum absolute atomic E-state index is 0.112. The molecule has 0 radical (unpaired) electrons. The molecule has 1 heterocycles. The van der Waals surface area contributed by atoms with Crippen LogP contribution in [0.5, 0.6) is 5.75 Å². The van der Waals surface area contributed by atoms with Crippen molar-refractivity contribution in [1.29, 1.82) is 0 Å². The van der Waals surface area contributed by atoms with Crippen molar-refractivity contribution in [2.24, 2.45) is 7.05 Å². The van der Waals surface area contributed by atoms with Crippen molar-refractivity contribution in [3.63, 3.8) is 0 Å². The van der Waals surface area contributed by atoms with Gasteiger partial charge in [-0.1, -0.05) is 42.5 Å². The van der Waals surface area contributed by atoms with Crippen LogP contribution in [0, 0.1) is 0 Å². The summed E-state index contributed by atoms with van der Waals surface area (Å²) in [7, 11) is 3.49. The fourth-order valence-corrected chi connectivity index (χ4v) is 3.34. The number of imidazole rings is 1. The van der Waals surface area contributed by atoms with Crippen molar-refractivity contribution < 1.29 is 14.3 Å². The lowest BCUT2D eigenvalue weighted by atomic mass is 10.0. The predicted molar refractivity (Wildman–Crippen MR) is 114 cm³/mol. The molecule has 0 saturated heterocycles. The summed E-state index contributed by atoms with van der Waals surface area (Å²) in [5.74, 6) is 1.07. The molecule has 1 aromatic heterocycles. The minimum Gasteiger partial charge on any atom is -0.497 e. The van der Waals surface area contributed by atoms with E-state index in [2.05, 4.69) is 15.6 Å². The Morgan fingerprint density at radius 3 is 2.30 bits per heavy atom. The molecular formula is C23H26N4O3. The third kappa shape index (κ3) is 5.26. The number of aryl methyl sites for hydroxylation is 1. The summed E-state index contributed by atoms with van der Waals surface area (Å²) < 4.78 is 7.11. The maximum atomic E-state index is 13.0. The number of hydrogen-bond acceptors (Lipinski definition) is 4. The fraction of sp³-hybridized carbons (Fsp3) is 0.261. The van der Waals surface area contributed by atoms with Crippen molar-refractivity contribution in [3.05, 3.63) is 83.9 Å². The number of carbonyl (C=O) groups excluding carboxylic acids is 2. The molecule has 2 amide bonds. The molecule has 0 spiro atoms. The van der Waals surface area contributed by atoms with E-state index in [4.69, 9.17) is 4.74 Å². The van der Waals surface area contributed by atoms with Crippen molar-refractivity contribution in [2.45, 2.75) is 25.4 Å². The van der Waals surface area contributed by atoms with Crippen LogP contribution in [0.4, 0.5) is 0 Å². The molecule has 0 aliphatic heterocycles. The van der Waals surface area contributed by atoms with Gasteiger partial charge in [-0.2, -0.15) is 0 Å². The van der Waals surface area contributed by atoms with Gasteiger partial charge in [-0.15, -0.1) is 0 Å². The van der Waals surface area contributed by atoms with Gasteiger partial charge in [0.05, 0.1) is 19.6 Å². The van der Waals surface area contributed by atoms with Gasteiger partial charge in [-0.05, 0) is 23.3 Å². The number of nitrogens with zero attached hydrogens (tertiary/aromatic N) is 2. The number of nitrogens with one attached hydrogen (secondary N) is 2. The molecule has 156 valence electrons. The molecule has 7 nitrogen and oxygen atoms in total. The van der Waals surface area contributed by atoms with E-state index < -0.39 is 12.1 Å². The Labute approximate surface area is 176 Å². The van der Waals surface area contributed by atoms with E-state index >= 15 is 0 Å². The van der Waals surface area contributed by atoms with Crippen LogP contribution in [0.1, 0.15) is 42.4 Å². The highest BCUT2D eigenvalue weighted by Gasteiger charge is 2.23. The van der Waals surface area contributed by atoms with Gasteiger partial charge in [0, 0.05) is 26.4 Å². The Balaban J connectivity index is 1.83. The van der Waals surface area contributed by atoms with Crippen LogP contribution in [0.3, 0.4) is 0 Å². The van der Waals surface area contributed by atoms with Crippen molar-refractivity contribution >= 4 is 11.8 Å². The zero-order chi connectivity index (χ0) is 21.5. The van der Waals surface area contributed by atoms with Crippen LogP contribution in [-0.4, -0.2) is 28.5 Å². The van der Waals surface area contributed by atoms with Crippen LogP contribution in [-0.2, 0) is 16.6 Å². The Bertz CT molecular complexity index is 983. The molecule has 0 fully saturated rings. The lowest BCUT2D eigenvalue weighted by Gasteiger charge is -2.22. The first-order valence-electron chi connectivity index (χ1n) is 9.70. The minimum atomic E-state index is -0.433. The van der Waals surface area contributed by atoms with Crippen LogP contribution in [0.15, 0.2) is 67.0 Å². The summed E-state index contributed by atoms with van der Waals surface area (Å²) in [6.07, 6.45) is 3.64. The fourth-order valence-electron chi connectivity index (χ4n) is 3.34. The largest absolute Gasteiger partial charge is 0.497 e. The molecule has 2 unspecified atom stereocenters. The Morgan fingerprint density at radius 1 is 1.03 bits per heavy atom. The van der Waals surface area contributed by atoms with Gasteiger partial charge in [0.2, 0.25) is 11.8 Å². The molecule has 0 aliphatic rings. The topological polar surface area (TPSA) is 85.2 Å². The van der Waals surface area contributed by atoms with Gasteiger partial charge in [-0.25, -0.2) is 4.98 Å². The normalized spacial score (nSPS) is 12.6. The second-order valence-corrected chi connectivity index (χ2v) is 7.04. The molecule has 3 rings (SSSR count). The van der Waals surface area contributed by atoms with E-state index in [-0.39, 0.29) is 18.2 Å². The zero-order valence-electron chi connectivity index (χ0n) is 17.3. The van der Waals surface area contributed by atoms with Crippen molar-refractivity contribution in [1.82, 2.24) is 20.2 Å². The van der Waals surface area contributed by atoms with Gasteiger partial charge in [0.1, 0.15) is 17.6 Å². The number of hydrogen-bond donors (Lipinski definition) is 2. The molecular weight excluding hydrogens is 380 g/mol. The van der Waals surface area contributed by atoms with Gasteiger partial charge < -0.3 is 19.9 Å². The smallest absolute Gasteiger partial charge is 0.223 e. The average molecular weight is 406 g/mol. The maximum Gasteiger partial charge on any atom is 0.223 e. The summed E-state index contributed by atoms with van der Waals surface area (Å²) in [6, 6.07) is 16.1. The number of ether oxygens (including phenoxy) is 1. The number of rotatable bonds is 8. The first kappa shape index (κ1) is 21.1. The summed E-state index contributed by atoms with van der Waals surface area (Å²) in [6.45, 7) is 1.45. The number of aromatic nitrogens is 2. The molecule has 30 heavy (non-hydrogen) atoms. The van der Waals surface area contributed by atoms with Gasteiger partial charge >= 0.3 is 0 Å². The molecule has 3 aromatic rings. The summed E-state index contributed by atoms with van der Waals surface area (Å²) in [5, 5.41) is 5.94. The van der Waals surface area contributed by atoms with E-state index in [0.29, 0.717) is 5.82 Å². The SMILES string of the molecule is COc1ccc(C(NC(=O)CC(NC(C)=O)c2ccccc2)c2nccn2C)cc1. The first-order chi connectivity index (χ1) is 14.5. The number of carbonyl (C=O) groups is 2. The molecule has 0 bridgehead atoms. The van der Waals surface area contributed by atoms with Gasteiger partial charge in [0.25, 0.3) is 0 Å². The van der Waals surface area contributed by atoms with Gasteiger partial charge in [-0.3, -0.25) is 9.59 Å². The van der Waals surface area contributed by atoms with E-state index in [1.54, 1.807) is 13.3 Å². The predicted octanol–water partition coefficient (Wildman–Crippen LogP) is 2.90. The van der Waals surface area contributed by atoms with Crippen LogP contribution < -0.4 is 15.4 Å². The summed E-state index contributed by atoms with van der Waals surface area (Å²) >= 11 is 0. The monoisotopic (exact) mass is 406 g/mol. The Hall–Kier alpha value is -3.61. The molecule has 2 aromatic carbocycles. The first-order valence-corrected chi connectivity index (χ1v) is 9.70. The van der Waals surface area contributed by atoms with Crippen LogP contribution in [0.25, 0.3) is 0 Å². The summed E-state index contributed by atoms with van der Waals surface area (Å²) in [5.41, 5.74) is 1.76. The molecule has 2 atom stereocenters. The number of amides is 2. The highest BCUT2D eigenvalue weighted by molar-refractivity contribution is 5.79. The average Bonchev–Trinajstić information content (AvgIpc) is 3.17. The van der Waals surface area contributed by atoms with Gasteiger partial charge in [0.15, 0.2) is 0 Å². The van der Waals surface area contributed by atoms with E-state index in [1.165, 1.54) is 6.92 Å². The maximum absolute atomic E-state index is 13.0. The molecule has 0 aliphatic carbocycles. The van der Waals surface area contributed by atoms with E-state index in [1.807, 2.05) is 72.4 Å². The van der Waals surface area contributed by atoms with E-state index in [0.717, 1.165) is 16.9 Å². The second kappa shape index (κ2) is 9.73. The number of methoxy groups -OCH3 is 1. The van der Waals surface area contributed by atoms with Crippen molar-refractivity contribution in [2.75, 3.05) is 7.11 Å². The lowest BCUT2D eigenvalue weighted by molar-refractivity contribution is -0.123. The van der Waals surface area contributed by atoms with Crippen molar-refractivity contribution in [3.8, 4) is 5.75 Å². The Kier molecular flexibility index (Phi) is 6.85. The quantitative estimate of drug-likeness (QED) is 0.602. The number of benzene rings is 2. The molecule has 0 saturated carbocycles. The zero-order valence-corrected chi connectivity index (χ0v) is 17.3. The molecule has 7 heteroatoms. The third-order valence-electron chi connectivity index (χ3n) is 4.84. The van der Waals surface area contributed by atoms with E-state index in [9.17, 15) is 9.59 Å².